The Bertz CT molecular complexity index is 478. The molecule has 1 heterocycles. The third-order valence-corrected chi connectivity index (χ3v) is 2.45. The summed E-state index contributed by atoms with van der Waals surface area (Å²) in [6.45, 7) is 7.73. The average molecular weight is 278 g/mol. The van der Waals surface area contributed by atoms with Gasteiger partial charge in [-0.25, -0.2) is 4.79 Å². The summed E-state index contributed by atoms with van der Waals surface area (Å²) >= 11 is 0. The number of ether oxygens (including phenoxy) is 1. The number of nitrogens with one attached hydrogen (secondary N) is 1. The molecule has 110 valence electrons. The summed E-state index contributed by atoms with van der Waals surface area (Å²) in [5.74, 6) is 0.0344. The maximum atomic E-state index is 11.9. The van der Waals surface area contributed by atoms with Crippen molar-refractivity contribution in [2.45, 2.75) is 46.1 Å². The fourth-order valence-corrected chi connectivity index (χ4v) is 1.61. The fourth-order valence-electron chi connectivity index (χ4n) is 1.61. The zero-order valence-corrected chi connectivity index (χ0v) is 12.5. The minimum Gasteiger partial charge on any atom is -0.444 e. The van der Waals surface area contributed by atoms with Crippen LogP contribution in [0.25, 0.3) is 0 Å². The zero-order chi connectivity index (χ0) is 15.2. The molecule has 5 heteroatoms. The van der Waals surface area contributed by atoms with Crippen molar-refractivity contribution in [3.05, 3.63) is 29.6 Å². The minimum absolute atomic E-state index is 0.0344. The molecule has 0 atom stereocenters. The van der Waals surface area contributed by atoms with Crippen molar-refractivity contribution < 1.29 is 14.3 Å². The van der Waals surface area contributed by atoms with Crippen molar-refractivity contribution >= 4 is 11.9 Å². The first kappa shape index (κ1) is 16.1. The number of pyridine rings is 1. The number of Topliss-reactive ketones (excluding diaryl/α,β-unsaturated/α-hetero) is 1. The normalized spacial score (nSPS) is 11.0. The van der Waals surface area contributed by atoms with Gasteiger partial charge in [0, 0.05) is 30.9 Å². The van der Waals surface area contributed by atoms with Crippen molar-refractivity contribution in [2.24, 2.45) is 0 Å². The van der Waals surface area contributed by atoms with Gasteiger partial charge in [0.15, 0.2) is 5.78 Å². The second-order valence-corrected chi connectivity index (χ2v) is 5.71. The van der Waals surface area contributed by atoms with Gasteiger partial charge in [0.1, 0.15) is 5.60 Å². The van der Waals surface area contributed by atoms with E-state index in [1.807, 2.05) is 13.0 Å². The summed E-state index contributed by atoms with van der Waals surface area (Å²) in [5.41, 5.74) is 1.07. The van der Waals surface area contributed by atoms with Gasteiger partial charge < -0.3 is 10.1 Å². The molecule has 20 heavy (non-hydrogen) atoms. The number of alkyl carbamates (subject to hydrolysis) is 1. The number of carbonyl (C=O) groups excluding carboxylic acids is 2. The number of carbonyl (C=O) groups is 2. The molecule has 0 fully saturated rings. The molecule has 0 spiro atoms. The summed E-state index contributed by atoms with van der Waals surface area (Å²) in [5, 5.41) is 2.63. The molecule has 0 aliphatic carbocycles. The quantitative estimate of drug-likeness (QED) is 0.664. The van der Waals surface area contributed by atoms with E-state index in [2.05, 4.69) is 10.3 Å². The predicted molar refractivity (Wildman–Crippen MR) is 76.8 cm³/mol. The number of hydrogen-bond donors (Lipinski definition) is 1. The van der Waals surface area contributed by atoms with Crippen molar-refractivity contribution in [1.82, 2.24) is 10.3 Å². The lowest BCUT2D eigenvalue weighted by atomic mass is 10.1. The smallest absolute Gasteiger partial charge is 0.407 e. The van der Waals surface area contributed by atoms with Crippen LogP contribution in [0.2, 0.25) is 0 Å². The molecule has 0 aromatic carbocycles. The lowest BCUT2D eigenvalue weighted by Gasteiger charge is -2.19. The number of aromatic nitrogens is 1. The van der Waals surface area contributed by atoms with Crippen LogP contribution >= 0.6 is 0 Å². The van der Waals surface area contributed by atoms with Crippen LogP contribution in [0, 0.1) is 6.92 Å². The summed E-state index contributed by atoms with van der Waals surface area (Å²) in [6, 6.07) is 1.82. The topological polar surface area (TPSA) is 68.3 Å². The Hall–Kier alpha value is -1.91. The molecule has 1 N–H and O–H groups in total. The Morgan fingerprint density at radius 1 is 1.30 bits per heavy atom. The number of amides is 1. The Kier molecular flexibility index (Phi) is 5.67. The molecule has 0 aliphatic rings. The SMILES string of the molecule is Cc1cncc(C(=O)CCCNC(=O)OC(C)(C)C)c1. The summed E-state index contributed by atoms with van der Waals surface area (Å²) in [6.07, 6.45) is 3.77. The molecule has 0 aliphatic heterocycles. The van der Waals surface area contributed by atoms with Crippen LogP contribution in [0.5, 0.6) is 0 Å². The highest BCUT2D eigenvalue weighted by molar-refractivity contribution is 5.95. The Morgan fingerprint density at radius 2 is 2.00 bits per heavy atom. The minimum atomic E-state index is -0.507. The van der Waals surface area contributed by atoms with Crippen molar-refractivity contribution in [3.63, 3.8) is 0 Å². The van der Waals surface area contributed by atoms with E-state index < -0.39 is 11.7 Å². The molecule has 0 radical (unpaired) electrons. The lowest BCUT2D eigenvalue weighted by molar-refractivity contribution is 0.0525. The van der Waals surface area contributed by atoms with Gasteiger partial charge in [0.25, 0.3) is 0 Å². The molecular formula is C15H22N2O3. The van der Waals surface area contributed by atoms with Crippen molar-refractivity contribution in [1.29, 1.82) is 0 Å². The first-order valence-corrected chi connectivity index (χ1v) is 6.69. The number of nitrogens with zero attached hydrogens (tertiary/aromatic N) is 1. The van der Waals surface area contributed by atoms with Gasteiger partial charge in [-0.2, -0.15) is 0 Å². The molecule has 1 aromatic heterocycles. The highest BCUT2D eigenvalue weighted by Crippen LogP contribution is 2.07. The fraction of sp³-hybridized carbons (Fsp3) is 0.533. The average Bonchev–Trinajstić information content (AvgIpc) is 2.32. The van der Waals surface area contributed by atoms with E-state index >= 15 is 0 Å². The second kappa shape index (κ2) is 7.03. The molecular weight excluding hydrogens is 256 g/mol. The van der Waals surface area contributed by atoms with Crippen molar-refractivity contribution in [3.8, 4) is 0 Å². The van der Waals surface area contributed by atoms with E-state index in [9.17, 15) is 9.59 Å². The van der Waals surface area contributed by atoms with E-state index in [0.717, 1.165) is 5.56 Å². The highest BCUT2D eigenvalue weighted by Gasteiger charge is 2.15. The molecule has 1 aromatic rings. The monoisotopic (exact) mass is 278 g/mol. The van der Waals surface area contributed by atoms with Crippen molar-refractivity contribution in [2.75, 3.05) is 6.54 Å². The van der Waals surface area contributed by atoms with Gasteiger partial charge in [0.05, 0.1) is 0 Å². The van der Waals surface area contributed by atoms with Crippen LogP contribution in [-0.2, 0) is 4.74 Å². The van der Waals surface area contributed by atoms with Crippen LogP contribution in [0.15, 0.2) is 18.5 Å². The van der Waals surface area contributed by atoms with Crippen LogP contribution in [0.1, 0.15) is 49.5 Å². The first-order valence-electron chi connectivity index (χ1n) is 6.69. The summed E-state index contributed by atoms with van der Waals surface area (Å²) in [7, 11) is 0. The van der Waals surface area contributed by atoms with Gasteiger partial charge in [-0.1, -0.05) is 0 Å². The van der Waals surface area contributed by atoms with Crippen LogP contribution in [-0.4, -0.2) is 29.0 Å². The molecule has 1 amide bonds. The Balaban J connectivity index is 2.28. The van der Waals surface area contributed by atoms with Gasteiger partial charge in [0.2, 0.25) is 0 Å². The van der Waals surface area contributed by atoms with Crippen LogP contribution in [0.4, 0.5) is 4.79 Å². The maximum Gasteiger partial charge on any atom is 0.407 e. The number of hydrogen-bond acceptors (Lipinski definition) is 4. The van der Waals surface area contributed by atoms with E-state index in [1.54, 1.807) is 33.2 Å². The van der Waals surface area contributed by atoms with Crippen LogP contribution in [0.3, 0.4) is 0 Å². The molecule has 0 bridgehead atoms. The third kappa shape index (κ3) is 6.31. The summed E-state index contributed by atoms with van der Waals surface area (Å²) in [4.78, 5) is 27.3. The van der Waals surface area contributed by atoms with Gasteiger partial charge in [-0.3, -0.25) is 9.78 Å². The number of ketones is 1. The zero-order valence-electron chi connectivity index (χ0n) is 12.5. The largest absolute Gasteiger partial charge is 0.444 e. The highest BCUT2D eigenvalue weighted by atomic mass is 16.6. The van der Waals surface area contributed by atoms with E-state index in [4.69, 9.17) is 4.74 Å². The van der Waals surface area contributed by atoms with E-state index in [-0.39, 0.29) is 5.78 Å². The van der Waals surface area contributed by atoms with E-state index in [0.29, 0.717) is 24.9 Å². The predicted octanol–water partition coefficient (Wildman–Crippen LogP) is 2.88. The van der Waals surface area contributed by atoms with Gasteiger partial charge in [-0.05, 0) is 45.7 Å². The van der Waals surface area contributed by atoms with Gasteiger partial charge >= 0.3 is 6.09 Å². The van der Waals surface area contributed by atoms with E-state index in [1.165, 1.54) is 0 Å². The first-order chi connectivity index (χ1) is 9.28. The van der Waals surface area contributed by atoms with Gasteiger partial charge in [-0.15, -0.1) is 0 Å². The maximum absolute atomic E-state index is 11.9. The second-order valence-electron chi connectivity index (χ2n) is 5.71. The van der Waals surface area contributed by atoms with Crippen LogP contribution < -0.4 is 5.32 Å². The molecule has 0 saturated heterocycles. The molecule has 5 nitrogen and oxygen atoms in total. The third-order valence-electron chi connectivity index (χ3n) is 2.45. The summed E-state index contributed by atoms with van der Waals surface area (Å²) < 4.78 is 5.10. The number of aryl methyl sites for hydroxylation is 1. The Labute approximate surface area is 119 Å². The Morgan fingerprint density at radius 3 is 2.60 bits per heavy atom. The molecule has 0 saturated carbocycles. The molecule has 1 rings (SSSR count). The lowest BCUT2D eigenvalue weighted by Crippen LogP contribution is -2.33. The number of rotatable bonds is 5. The standard InChI is InChI=1S/C15H22N2O3/c1-11-8-12(10-16-9-11)13(18)6-5-7-17-14(19)20-15(2,3)4/h8-10H,5-7H2,1-4H3,(H,17,19). The molecule has 0 unspecified atom stereocenters.